The lowest BCUT2D eigenvalue weighted by Crippen LogP contribution is -2.58. The summed E-state index contributed by atoms with van der Waals surface area (Å²) < 4.78 is 11.4. The fraction of sp³-hybridized carbons (Fsp3) is 0.407. The van der Waals surface area contributed by atoms with Crippen LogP contribution in [0.2, 0.25) is 0 Å². The lowest BCUT2D eigenvalue weighted by atomic mass is 9.64. The van der Waals surface area contributed by atoms with Crippen molar-refractivity contribution in [3.8, 4) is 0 Å². The van der Waals surface area contributed by atoms with E-state index in [0.29, 0.717) is 11.1 Å². The number of fused-ring (bicyclic) bond motifs is 4. The van der Waals surface area contributed by atoms with E-state index in [-0.39, 0.29) is 17.0 Å². The minimum atomic E-state index is -2.05. The maximum Gasteiger partial charge on any atom is 0.330 e. The van der Waals surface area contributed by atoms with E-state index in [4.69, 9.17) is 9.47 Å². The third-order valence-electron chi connectivity index (χ3n) is 7.21. The molecule has 2 aromatic rings. The number of ketones is 1. The molecule has 3 heterocycles. The molecule has 192 valence electrons. The van der Waals surface area contributed by atoms with Crippen LogP contribution in [0.15, 0.2) is 53.6 Å². The summed E-state index contributed by atoms with van der Waals surface area (Å²) in [6.07, 6.45) is 1.59. The number of esters is 2. The number of ether oxygens (including phenoxy) is 2. The molecule has 3 aliphatic rings. The van der Waals surface area contributed by atoms with Crippen LogP contribution in [-0.2, 0) is 23.9 Å². The van der Waals surface area contributed by atoms with Gasteiger partial charge >= 0.3 is 11.9 Å². The fourth-order valence-electron chi connectivity index (χ4n) is 5.66. The van der Waals surface area contributed by atoms with E-state index in [1.807, 2.05) is 0 Å². The molecule has 0 saturated carbocycles. The van der Waals surface area contributed by atoms with Crippen molar-refractivity contribution in [1.29, 1.82) is 0 Å². The van der Waals surface area contributed by atoms with E-state index in [0.717, 1.165) is 0 Å². The van der Waals surface area contributed by atoms with E-state index in [1.54, 1.807) is 57.3 Å². The molecule has 37 heavy (non-hydrogen) atoms. The summed E-state index contributed by atoms with van der Waals surface area (Å²) >= 11 is 0. The second kappa shape index (κ2) is 7.96. The van der Waals surface area contributed by atoms with Gasteiger partial charge in [-0.2, -0.15) is 5.10 Å². The van der Waals surface area contributed by atoms with Gasteiger partial charge in [-0.15, -0.1) is 0 Å². The molecule has 2 aromatic carbocycles. The van der Waals surface area contributed by atoms with Crippen LogP contribution in [-0.4, -0.2) is 45.7 Å². The summed E-state index contributed by atoms with van der Waals surface area (Å²) in [5.74, 6) is -4.72. The van der Waals surface area contributed by atoms with E-state index >= 15 is 0 Å². The van der Waals surface area contributed by atoms with Crippen LogP contribution in [0.4, 0.5) is 5.69 Å². The number of nitro groups is 1. The third-order valence-corrected chi connectivity index (χ3v) is 7.21. The molecule has 0 amide bonds. The number of nitro benzene ring substituents is 1. The van der Waals surface area contributed by atoms with Gasteiger partial charge in [0.25, 0.3) is 11.5 Å². The lowest BCUT2D eigenvalue weighted by Gasteiger charge is -2.44. The zero-order chi connectivity index (χ0) is 26.9. The maximum atomic E-state index is 14.1. The fourth-order valence-corrected chi connectivity index (χ4v) is 5.66. The molecule has 0 unspecified atom stereocenters. The normalized spacial score (nSPS) is 25.2. The summed E-state index contributed by atoms with van der Waals surface area (Å²) in [4.78, 5) is 53.3. The van der Waals surface area contributed by atoms with Crippen molar-refractivity contribution in [3.05, 3.63) is 75.3 Å². The minimum Gasteiger partial charge on any atom is -0.422 e. The zero-order valence-corrected chi connectivity index (χ0v) is 21.1. The molecule has 3 aliphatic heterocycles. The number of cyclic esters (lactones) is 2. The van der Waals surface area contributed by atoms with Gasteiger partial charge in [-0.05, 0) is 16.7 Å². The van der Waals surface area contributed by atoms with Gasteiger partial charge in [0.1, 0.15) is 12.1 Å². The zero-order valence-electron chi connectivity index (χ0n) is 21.1. The molecular formula is C27H27N3O7. The highest BCUT2D eigenvalue weighted by molar-refractivity contribution is 6.07. The van der Waals surface area contributed by atoms with Crippen LogP contribution in [0.3, 0.4) is 0 Å². The number of nitrogens with zero attached hydrogens (tertiary/aromatic N) is 3. The molecule has 5 rings (SSSR count). The lowest BCUT2D eigenvalue weighted by molar-refractivity contribution is -0.385. The molecule has 2 fully saturated rings. The monoisotopic (exact) mass is 505 g/mol. The van der Waals surface area contributed by atoms with E-state index in [2.05, 4.69) is 5.10 Å². The molecule has 2 saturated heterocycles. The number of hydrazone groups is 1. The number of benzene rings is 2. The quantitative estimate of drug-likeness (QED) is 0.266. The second-order valence-corrected chi connectivity index (χ2v) is 11.1. The largest absolute Gasteiger partial charge is 0.422 e. The predicted molar refractivity (Wildman–Crippen MR) is 131 cm³/mol. The van der Waals surface area contributed by atoms with Gasteiger partial charge in [0.2, 0.25) is 5.41 Å². The van der Waals surface area contributed by atoms with Crippen LogP contribution in [0, 0.1) is 20.9 Å². The molecule has 0 aromatic heterocycles. The van der Waals surface area contributed by atoms with Gasteiger partial charge in [0, 0.05) is 37.3 Å². The molecule has 10 heteroatoms. The van der Waals surface area contributed by atoms with Crippen molar-refractivity contribution in [3.63, 3.8) is 0 Å². The summed E-state index contributed by atoms with van der Waals surface area (Å²) in [6, 6.07) is 10.7. The van der Waals surface area contributed by atoms with Gasteiger partial charge in [0.05, 0.1) is 11.1 Å². The Bertz CT molecular complexity index is 1350. The molecule has 1 spiro atoms. The number of non-ortho nitro benzene ring substituents is 1. The Morgan fingerprint density at radius 1 is 1.05 bits per heavy atom. The highest BCUT2D eigenvalue weighted by Crippen LogP contribution is 2.63. The minimum absolute atomic E-state index is 0.235. The Morgan fingerprint density at radius 2 is 1.70 bits per heavy atom. The van der Waals surface area contributed by atoms with E-state index in [1.165, 1.54) is 37.1 Å². The van der Waals surface area contributed by atoms with Gasteiger partial charge in [0.15, 0.2) is 5.78 Å². The Balaban J connectivity index is 1.86. The van der Waals surface area contributed by atoms with Crippen molar-refractivity contribution < 1.29 is 28.8 Å². The summed E-state index contributed by atoms with van der Waals surface area (Å²) in [5, 5.41) is 17.7. The first kappa shape index (κ1) is 24.6. The molecule has 0 aliphatic carbocycles. The third kappa shape index (κ3) is 3.53. The van der Waals surface area contributed by atoms with E-state index < -0.39 is 51.5 Å². The Kier molecular flexibility index (Phi) is 5.29. The average molecular weight is 506 g/mol. The average Bonchev–Trinajstić information content (AvgIpc) is 3.13. The topological polar surface area (TPSA) is 128 Å². The first-order valence-electron chi connectivity index (χ1n) is 12.0. The number of rotatable bonds is 3. The summed E-state index contributed by atoms with van der Waals surface area (Å²) in [5.41, 5.74) is -1.63. The number of hydrogen-bond donors (Lipinski definition) is 0. The SMILES string of the molecule is CC1(C)OC(=O)C2(C(=O)O1)[C@@H](c1cccc([N+](=O)[O-])c1)[C@@H](C(=O)C(C)(C)C)N1N=Cc3ccccc3[C@@H]12. The van der Waals surface area contributed by atoms with Crippen molar-refractivity contribution >= 4 is 29.6 Å². The first-order chi connectivity index (χ1) is 17.3. The highest BCUT2D eigenvalue weighted by Gasteiger charge is 2.75. The Hall–Kier alpha value is -4.08. The number of Topliss-reactive ketones (excluding diaryl/α,β-unsaturated/α-hetero) is 1. The van der Waals surface area contributed by atoms with Crippen molar-refractivity contribution in [1.82, 2.24) is 5.01 Å². The molecule has 0 radical (unpaired) electrons. The van der Waals surface area contributed by atoms with Crippen molar-refractivity contribution in [2.45, 2.75) is 58.4 Å². The first-order valence-corrected chi connectivity index (χ1v) is 12.0. The van der Waals surface area contributed by atoms with Gasteiger partial charge in [-0.3, -0.25) is 29.5 Å². The Labute approximate surface area is 213 Å². The Morgan fingerprint density at radius 3 is 2.32 bits per heavy atom. The molecule has 0 bridgehead atoms. The van der Waals surface area contributed by atoms with E-state index in [9.17, 15) is 24.5 Å². The number of carbonyl (C=O) groups excluding carboxylic acids is 3. The predicted octanol–water partition coefficient (Wildman–Crippen LogP) is 3.89. The highest BCUT2D eigenvalue weighted by atomic mass is 16.7. The van der Waals surface area contributed by atoms with Crippen LogP contribution in [0.1, 0.15) is 63.3 Å². The molecule has 10 nitrogen and oxygen atoms in total. The molecular weight excluding hydrogens is 478 g/mol. The smallest absolute Gasteiger partial charge is 0.330 e. The second-order valence-electron chi connectivity index (χ2n) is 11.1. The molecule has 3 atom stereocenters. The van der Waals surface area contributed by atoms with Gasteiger partial charge in [-0.25, -0.2) is 0 Å². The van der Waals surface area contributed by atoms with Gasteiger partial charge in [-0.1, -0.05) is 57.2 Å². The van der Waals surface area contributed by atoms with Crippen LogP contribution >= 0.6 is 0 Å². The van der Waals surface area contributed by atoms with Crippen LogP contribution in [0.5, 0.6) is 0 Å². The van der Waals surface area contributed by atoms with Gasteiger partial charge < -0.3 is 9.47 Å². The summed E-state index contributed by atoms with van der Waals surface area (Å²) in [6.45, 7) is 8.12. The van der Waals surface area contributed by atoms with Crippen molar-refractivity contribution in [2.75, 3.05) is 0 Å². The van der Waals surface area contributed by atoms with Crippen LogP contribution in [0.25, 0.3) is 0 Å². The maximum absolute atomic E-state index is 14.1. The van der Waals surface area contributed by atoms with Crippen LogP contribution < -0.4 is 0 Å². The van der Waals surface area contributed by atoms with Crippen molar-refractivity contribution in [2.24, 2.45) is 15.9 Å². The molecule has 0 N–H and O–H groups in total. The summed E-state index contributed by atoms with van der Waals surface area (Å²) in [7, 11) is 0. The number of carbonyl (C=O) groups is 3. The standard InChI is InChI=1S/C27H27N3O7/c1-25(2,3)22(31)20-19(15-10-8-11-17(13-15)30(34)35)27(23(32)36-26(4,5)37-24(27)33)21-18-12-7-6-9-16(18)14-28-29(20)21/h6-14,19-21H,1-5H3/t19-,20-,21+/m0/s1. The number of hydrogen-bond acceptors (Lipinski definition) is 9.